The normalized spacial score (nSPS) is 11.5. The summed E-state index contributed by atoms with van der Waals surface area (Å²) in [6.45, 7) is 1.87. The molecule has 0 unspecified atom stereocenters. The number of alkyl halides is 3. The molecule has 0 saturated heterocycles. The summed E-state index contributed by atoms with van der Waals surface area (Å²) in [6.07, 6.45) is -4.70. The van der Waals surface area contributed by atoms with Crippen molar-refractivity contribution in [2.45, 2.75) is 18.3 Å². The number of rotatable bonds is 4. The number of hydrogen-bond donors (Lipinski definition) is 2. The number of carbonyl (C=O) groups is 1. The molecule has 2 aromatic rings. The van der Waals surface area contributed by atoms with Crippen LogP contribution in [0.25, 0.3) is 0 Å². The van der Waals surface area contributed by atoms with Gasteiger partial charge in [0.25, 0.3) is 5.82 Å². The number of hydrogen-bond acceptors (Lipinski definition) is 5. The number of nitrogens with zero attached hydrogens (tertiary/aromatic N) is 3. The van der Waals surface area contributed by atoms with Gasteiger partial charge in [-0.15, -0.1) is 10.2 Å². The molecule has 6 nitrogen and oxygen atoms in total. The third kappa shape index (κ3) is 4.38. The molecule has 0 aliphatic heterocycles. The average Bonchev–Trinajstić information content (AvgIpc) is 2.82. The van der Waals surface area contributed by atoms with Crippen LogP contribution in [0.5, 0.6) is 0 Å². The summed E-state index contributed by atoms with van der Waals surface area (Å²) < 4.78 is 38.8. The second-order valence-corrected chi connectivity index (χ2v) is 6.27. The van der Waals surface area contributed by atoms with E-state index in [9.17, 15) is 18.0 Å². The number of anilines is 1. The summed E-state index contributed by atoms with van der Waals surface area (Å²) in [7, 11) is 0. The largest absolute Gasteiger partial charge is 0.453 e. The van der Waals surface area contributed by atoms with Crippen LogP contribution in [0.3, 0.4) is 0 Å². The van der Waals surface area contributed by atoms with Crippen molar-refractivity contribution < 1.29 is 18.0 Å². The highest BCUT2D eigenvalue weighted by atomic mass is 79.9. The minimum Gasteiger partial charge on any atom is -0.335 e. The molecule has 3 N–H and O–H groups in total. The van der Waals surface area contributed by atoms with E-state index in [1.54, 1.807) is 18.2 Å². The first-order valence-electron chi connectivity index (χ1n) is 6.15. The van der Waals surface area contributed by atoms with Gasteiger partial charge in [0.15, 0.2) is 0 Å². The monoisotopic (exact) mass is 409 g/mol. The van der Waals surface area contributed by atoms with Gasteiger partial charge in [0, 0.05) is 10.2 Å². The number of benzene rings is 1. The van der Waals surface area contributed by atoms with Crippen LogP contribution in [0, 0.1) is 6.92 Å². The standard InChI is InChI=1S/C12H11BrF3N5OS/c1-6-4-7(2-3-8(6)13)18-9(22)5-23-11-20-19-10(21(11)17)12(14,15)16/h2-4H,5,17H2,1H3,(H,18,22). The van der Waals surface area contributed by atoms with Crippen molar-refractivity contribution in [2.24, 2.45) is 0 Å². The third-order valence-corrected chi connectivity index (χ3v) is 4.52. The van der Waals surface area contributed by atoms with E-state index in [0.29, 0.717) is 10.4 Å². The van der Waals surface area contributed by atoms with Crippen molar-refractivity contribution in [3.8, 4) is 0 Å². The first kappa shape index (κ1) is 17.6. The van der Waals surface area contributed by atoms with Gasteiger partial charge in [-0.05, 0) is 30.7 Å². The second-order valence-electron chi connectivity index (χ2n) is 4.47. The molecular formula is C12H11BrF3N5OS. The maximum absolute atomic E-state index is 12.5. The van der Waals surface area contributed by atoms with Crippen molar-refractivity contribution in [1.29, 1.82) is 0 Å². The molecule has 1 amide bonds. The zero-order chi connectivity index (χ0) is 17.2. The van der Waals surface area contributed by atoms with Crippen molar-refractivity contribution in [3.63, 3.8) is 0 Å². The van der Waals surface area contributed by atoms with Crippen LogP contribution in [0.15, 0.2) is 27.8 Å². The predicted octanol–water partition coefficient (Wildman–Crippen LogP) is 2.81. The SMILES string of the molecule is Cc1cc(NC(=O)CSc2nnc(C(F)(F)F)n2N)ccc1Br. The van der Waals surface area contributed by atoms with Crippen LogP contribution in [0.2, 0.25) is 0 Å². The van der Waals surface area contributed by atoms with Gasteiger partial charge in [-0.25, -0.2) is 4.68 Å². The topological polar surface area (TPSA) is 85.8 Å². The molecule has 0 radical (unpaired) electrons. The van der Waals surface area contributed by atoms with E-state index in [0.717, 1.165) is 21.8 Å². The molecule has 1 aromatic heterocycles. The fraction of sp³-hybridized carbons (Fsp3) is 0.250. The highest BCUT2D eigenvalue weighted by Crippen LogP contribution is 2.29. The Bertz CT molecular complexity index is 734. The van der Waals surface area contributed by atoms with Crippen LogP contribution in [0.4, 0.5) is 18.9 Å². The zero-order valence-electron chi connectivity index (χ0n) is 11.7. The number of carbonyl (C=O) groups excluding carboxylic acids is 1. The predicted molar refractivity (Wildman–Crippen MR) is 83.4 cm³/mol. The first-order valence-corrected chi connectivity index (χ1v) is 7.93. The minimum absolute atomic E-state index is 0.150. The van der Waals surface area contributed by atoms with Crippen LogP contribution in [-0.4, -0.2) is 26.5 Å². The number of nitrogens with two attached hydrogens (primary N) is 1. The molecule has 11 heteroatoms. The Hall–Kier alpha value is -1.75. The smallest absolute Gasteiger partial charge is 0.335 e. The Morgan fingerprint density at radius 1 is 1.43 bits per heavy atom. The third-order valence-electron chi connectivity index (χ3n) is 2.69. The lowest BCUT2D eigenvalue weighted by atomic mass is 10.2. The van der Waals surface area contributed by atoms with Crippen molar-refractivity contribution in [2.75, 3.05) is 16.9 Å². The van der Waals surface area contributed by atoms with Gasteiger partial charge in [0.2, 0.25) is 11.1 Å². The maximum Gasteiger partial charge on any atom is 0.453 e. The maximum atomic E-state index is 12.5. The molecule has 0 aliphatic carbocycles. The van der Waals surface area contributed by atoms with Gasteiger partial charge in [0.1, 0.15) is 0 Å². The molecule has 0 aliphatic rings. The second kappa shape index (κ2) is 6.79. The molecule has 124 valence electrons. The summed E-state index contributed by atoms with van der Waals surface area (Å²) in [5.74, 6) is 3.42. The van der Waals surface area contributed by atoms with E-state index >= 15 is 0 Å². The van der Waals surface area contributed by atoms with Gasteiger partial charge in [-0.1, -0.05) is 27.7 Å². The number of amides is 1. The van der Waals surface area contributed by atoms with Crippen molar-refractivity contribution in [1.82, 2.24) is 14.9 Å². The lowest BCUT2D eigenvalue weighted by Crippen LogP contribution is -2.22. The molecule has 0 spiro atoms. The lowest BCUT2D eigenvalue weighted by molar-refractivity contribution is -0.146. The van der Waals surface area contributed by atoms with Crippen molar-refractivity contribution in [3.05, 3.63) is 34.1 Å². The van der Waals surface area contributed by atoms with E-state index in [1.165, 1.54) is 0 Å². The summed E-state index contributed by atoms with van der Waals surface area (Å²) in [4.78, 5) is 11.8. The highest BCUT2D eigenvalue weighted by Gasteiger charge is 2.38. The molecule has 0 atom stereocenters. The summed E-state index contributed by atoms with van der Waals surface area (Å²) >= 11 is 4.10. The van der Waals surface area contributed by atoms with Gasteiger partial charge in [0.05, 0.1) is 5.75 Å². The van der Waals surface area contributed by atoms with E-state index in [1.807, 2.05) is 6.92 Å². The summed E-state index contributed by atoms with van der Waals surface area (Å²) in [6, 6.07) is 5.25. The molecule has 1 aromatic carbocycles. The Morgan fingerprint density at radius 3 is 2.70 bits per heavy atom. The molecule has 23 heavy (non-hydrogen) atoms. The lowest BCUT2D eigenvalue weighted by Gasteiger charge is -2.07. The molecule has 0 bridgehead atoms. The van der Waals surface area contributed by atoms with E-state index < -0.39 is 17.9 Å². The minimum atomic E-state index is -4.70. The summed E-state index contributed by atoms with van der Waals surface area (Å²) in [5, 5.41) is 8.75. The molecular weight excluding hydrogens is 399 g/mol. The van der Waals surface area contributed by atoms with Gasteiger partial charge >= 0.3 is 6.18 Å². The van der Waals surface area contributed by atoms with E-state index in [2.05, 4.69) is 31.4 Å². The Morgan fingerprint density at radius 2 is 2.13 bits per heavy atom. The molecule has 0 saturated carbocycles. The van der Waals surface area contributed by atoms with Crippen LogP contribution in [-0.2, 0) is 11.0 Å². The number of aryl methyl sites for hydroxylation is 1. The Labute approximate surface area is 141 Å². The van der Waals surface area contributed by atoms with Gasteiger partial charge < -0.3 is 11.2 Å². The average molecular weight is 410 g/mol. The van der Waals surface area contributed by atoms with E-state index in [-0.39, 0.29) is 10.9 Å². The Kier molecular flexibility index (Phi) is 5.19. The van der Waals surface area contributed by atoms with E-state index in [4.69, 9.17) is 5.84 Å². The molecule has 1 heterocycles. The fourth-order valence-corrected chi connectivity index (χ4v) is 2.52. The number of nitrogens with one attached hydrogen (secondary N) is 1. The number of thioether (sulfide) groups is 1. The van der Waals surface area contributed by atoms with Crippen LogP contribution >= 0.6 is 27.7 Å². The quantitative estimate of drug-likeness (QED) is 0.598. The highest BCUT2D eigenvalue weighted by molar-refractivity contribution is 9.10. The number of aromatic nitrogens is 3. The fourth-order valence-electron chi connectivity index (χ4n) is 1.62. The zero-order valence-corrected chi connectivity index (χ0v) is 14.1. The van der Waals surface area contributed by atoms with Crippen LogP contribution < -0.4 is 11.2 Å². The molecule has 2 rings (SSSR count). The molecule has 0 fully saturated rings. The number of nitrogen functional groups attached to an aromatic ring is 1. The van der Waals surface area contributed by atoms with Crippen molar-refractivity contribution >= 4 is 39.3 Å². The summed E-state index contributed by atoms with van der Waals surface area (Å²) in [5.41, 5.74) is 1.52. The first-order chi connectivity index (χ1) is 10.7. The van der Waals surface area contributed by atoms with Crippen LogP contribution in [0.1, 0.15) is 11.4 Å². The Balaban J connectivity index is 1.97. The van der Waals surface area contributed by atoms with Gasteiger partial charge in [-0.3, -0.25) is 4.79 Å². The van der Waals surface area contributed by atoms with Gasteiger partial charge in [-0.2, -0.15) is 13.2 Å². The number of halogens is 4.